The van der Waals surface area contributed by atoms with E-state index in [1.54, 1.807) is 18.2 Å². The Hall–Kier alpha value is -1.82. The molecule has 23 heavy (non-hydrogen) atoms. The molecule has 0 unspecified atom stereocenters. The number of rotatable bonds is 2. The van der Waals surface area contributed by atoms with Gasteiger partial charge in [0.15, 0.2) is 0 Å². The molecular formula is C18H16Cl2N2Si. The summed E-state index contributed by atoms with van der Waals surface area (Å²) >= 11 is 11.9. The Kier molecular flexibility index (Phi) is 5.82. The maximum Gasteiger partial charge on any atom is 0.129 e. The Balaban J connectivity index is 2.32. The van der Waals surface area contributed by atoms with Crippen molar-refractivity contribution >= 4 is 48.7 Å². The van der Waals surface area contributed by atoms with Crippen molar-refractivity contribution in [2.75, 3.05) is 0 Å². The van der Waals surface area contributed by atoms with Gasteiger partial charge in [0.05, 0.1) is 22.0 Å². The highest BCUT2D eigenvalue weighted by atomic mass is 35.5. The van der Waals surface area contributed by atoms with Crippen LogP contribution in [0.25, 0.3) is 0 Å². The molecule has 0 amide bonds. The second-order valence-electron chi connectivity index (χ2n) is 5.94. The van der Waals surface area contributed by atoms with E-state index in [1.807, 2.05) is 24.3 Å². The van der Waals surface area contributed by atoms with E-state index >= 15 is 0 Å². The van der Waals surface area contributed by atoms with Crippen molar-refractivity contribution < 1.29 is 0 Å². The van der Waals surface area contributed by atoms with Crippen LogP contribution in [0.15, 0.2) is 52.4 Å². The van der Waals surface area contributed by atoms with Crippen LogP contribution in [0, 0.1) is 11.5 Å². The first-order valence-electron chi connectivity index (χ1n) is 7.09. The highest BCUT2D eigenvalue weighted by molar-refractivity contribution is 6.83. The molecular weight excluding hydrogens is 343 g/mol. The van der Waals surface area contributed by atoms with Crippen molar-refractivity contribution in [3.05, 3.63) is 58.1 Å². The molecule has 0 bridgehead atoms. The van der Waals surface area contributed by atoms with Crippen molar-refractivity contribution in [1.29, 1.82) is 0 Å². The summed E-state index contributed by atoms with van der Waals surface area (Å²) in [7, 11) is -1.44. The van der Waals surface area contributed by atoms with Crippen LogP contribution in [-0.2, 0) is 0 Å². The lowest BCUT2D eigenvalue weighted by molar-refractivity contribution is 1.47. The minimum Gasteiger partial charge on any atom is -0.186 e. The molecule has 0 aliphatic carbocycles. The Labute approximate surface area is 147 Å². The average Bonchev–Trinajstić information content (AvgIpc) is 2.47. The lowest BCUT2D eigenvalue weighted by Gasteiger charge is -2.03. The molecule has 0 radical (unpaired) electrons. The van der Waals surface area contributed by atoms with E-state index in [0.717, 1.165) is 11.3 Å². The van der Waals surface area contributed by atoms with Gasteiger partial charge in [-0.25, -0.2) is 0 Å². The van der Waals surface area contributed by atoms with Crippen molar-refractivity contribution in [3.63, 3.8) is 0 Å². The van der Waals surface area contributed by atoms with E-state index in [-0.39, 0.29) is 0 Å². The molecule has 0 aliphatic rings. The van der Waals surface area contributed by atoms with Gasteiger partial charge in [0.25, 0.3) is 0 Å². The fourth-order valence-electron chi connectivity index (χ4n) is 1.64. The van der Waals surface area contributed by atoms with E-state index < -0.39 is 8.07 Å². The Bertz CT molecular complexity index is 836. The smallest absolute Gasteiger partial charge is 0.129 e. The third-order valence-corrected chi connectivity index (χ3v) is 4.14. The molecule has 0 heterocycles. The Morgan fingerprint density at radius 1 is 0.913 bits per heavy atom. The molecule has 0 saturated carbocycles. The van der Waals surface area contributed by atoms with Crippen LogP contribution in [0.1, 0.15) is 5.56 Å². The first-order chi connectivity index (χ1) is 10.8. The van der Waals surface area contributed by atoms with Gasteiger partial charge in [0.1, 0.15) is 14.1 Å². The van der Waals surface area contributed by atoms with Gasteiger partial charge in [0.2, 0.25) is 0 Å². The molecule has 0 N–H and O–H groups in total. The fraction of sp³-hybridized carbons (Fsp3) is 0.167. The zero-order valence-electron chi connectivity index (χ0n) is 13.2. The van der Waals surface area contributed by atoms with Crippen LogP contribution >= 0.6 is 23.2 Å². The first-order valence-corrected chi connectivity index (χ1v) is 11.3. The van der Waals surface area contributed by atoms with Crippen LogP contribution < -0.4 is 0 Å². The van der Waals surface area contributed by atoms with E-state index in [4.69, 9.17) is 23.2 Å². The zero-order valence-corrected chi connectivity index (χ0v) is 15.7. The zero-order chi connectivity index (χ0) is 16.9. The summed E-state index contributed by atoms with van der Waals surface area (Å²) in [5.74, 6) is 3.21. The number of hydrogen-bond acceptors (Lipinski definition) is 2. The van der Waals surface area contributed by atoms with Crippen molar-refractivity contribution in [2.24, 2.45) is 9.98 Å². The summed E-state index contributed by atoms with van der Waals surface area (Å²) in [4.78, 5) is 8.42. The second kappa shape index (κ2) is 7.63. The number of hydrogen-bond donors (Lipinski definition) is 0. The van der Waals surface area contributed by atoms with Crippen molar-refractivity contribution in [3.8, 4) is 11.5 Å². The summed E-state index contributed by atoms with van der Waals surface area (Å²) < 4.78 is 0. The molecule has 0 atom stereocenters. The van der Waals surface area contributed by atoms with Crippen LogP contribution in [0.4, 0.5) is 11.4 Å². The summed E-state index contributed by atoms with van der Waals surface area (Å²) in [6.07, 6.45) is 0. The third-order valence-electron chi connectivity index (χ3n) is 2.73. The predicted octanol–water partition coefficient (Wildman–Crippen LogP) is 6.36. The SMILES string of the molecule is C[Si](C)(C)C#Cc1ccccc1N=C=Nc1ccc(Cl)cc1Cl. The second-order valence-corrected chi connectivity index (χ2v) is 11.5. The summed E-state index contributed by atoms with van der Waals surface area (Å²) in [6.45, 7) is 6.61. The van der Waals surface area contributed by atoms with Crippen LogP contribution in [0.2, 0.25) is 29.7 Å². The van der Waals surface area contributed by atoms with Gasteiger partial charge >= 0.3 is 0 Å². The van der Waals surface area contributed by atoms with E-state index in [1.165, 1.54) is 0 Å². The normalized spacial score (nSPS) is 10.3. The first kappa shape index (κ1) is 17.5. The van der Waals surface area contributed by atoms with Crippen molar-refractivity contribution in [1.82, 2.24) is 0 Å². The number of para-hydroxylation sites is 1. The van der Waals surface area contributed by atoms with E-state index in [9.17, 15) is 0 Å². The molecule has 0 fully saturated rings. The van der Waals surface area contributed by atoms with Gasteiger partial charge in [-0.05, 0) is 30.3 Å². The maximum atomic E-state index is 6.06. The highest BCUT2D eigenvalue weighted by Crippen LogP contribution is 2.27. The monoisotopic (exact) mass is 358 g/mol. The molecule has 2 rings (SSSR count). The number of aliphatic imine (C=N–C) groups is 2. The van der Waals surface area contributed by atoms with E-state index in [0.29, 0.717) is 15.7 Å². The minimum atomic E-state index is -1.44. The van der Waals surface area contributed by atoms with Gasteiger partial charge in [-0.2, -0.15) is 9.98 Å². The molecule has 0 spiro atoms. The Morgan fingerprint density at radius 2 is 1.61 bits per heavy atom. The lowest BCUT2D eigenvalue weighted by Crippen LogP contribution is -2.16. The topological polar surface area (TPSA) is 24.7 Å². The number of benzene rings is 2. The van der Waals surface area contributed by atoms with Gasteiger partial charge < -0.3 is 0 Å². The van der Waals surface area contributed by atoms with Crippen molar-refractivity contribution in [2.45, 2.75) is 19.6 Å². The molecule has 2 nitrogen and oxygen atoms in total. The molecule has 0 aromatic heterocycles. The molecule has 5 heteroatoms. The average molecular weight is 359 g/mol. The van der Waals surface area contributed by atoms with Gasteiger partial charge in [-0.3, -0.25) is 0 Å². The van der Waals surface area contributed by atoms with Gasteiger partial charge in [-0.15, -0.1) is 5.54 Å². The van der Waals surface area contributed by atoms with Gasteiger partial charge in [-0.1, -0.05) is 60.9 Å². The standard InChI is InChI=1S/C18H16Cl2N2Si/c1-23(2,3)11-10-14-6-4-5-7-17(14)21-13-22-18-9-8-15(19)12-16(18)20/h4-9,12H,1-3H3. The highest BCUT2D eigenvalue weighted by Gasteiger charge is 2.08. The lowest BCUT2D eigenvalue weighted by atomic mass is 10.2. The van der Waals surface area contributed by atoms with Crippen LogP contribution in [0.3, 0.4) is 0 Å². The maximum absolute atomic E-state index is 6.06. The molecule has 116 valence electrons. The fourth-order valence-corrected chi connectivity index (χ4v) is 2.60. The molecule has 2 aromatic carbocycles. The molecule has 2 aromatic rings. The Morgan fingerprint density at radius 3 is 2.30 bits per heavy atom. The predicted molar refractivity (Wildman–Crippen MR) is 102 cm³/mol. The van der Waals surface area contributed by atoms with Crippen LogP contribution in [0.5, 0.6) is 0 Å². The largest absolute Gasteiger partial charge is 0.186 e. The third kappa shape index (κ3) is 5.71. The quantitative estimate of drug-likeness (QED) is 0.339. The number of halogens is 2. The minimum absolute atomic E-state index is 0.465. The summed E-state index contributed by atoms with van der Waals surface area (Å²) in [5, 5.41) is 1.03. The molecule has 0 saturated heterocycles. The molecule has 0 aliphatic heterocycles. The van der Waals surface area contributed by atoms with Crippen LogP contribution in [-0.4, -0.2) is 14.1 Å². The van der Waals surface area contributed by atoms with Gasteiger partial charge in [0, 0.05) is 5.02 Å². The van der Waals surface area contributed by atoms with E-state index in [2.05, 4.69) is 47.1 Å². The summed E-state index contributed by atoms with van der Waals surface area (Å²) in [6, 6.07) is 15.5. The number of nitrogens with zero attached hydrogens (tertiary/aromatic N) is 2. The summed E-state index contributed by atoms with van der Waals surface area (Å²) in [5.41, 5.74) is 5.53.